The average Bonchev–Trinajstić information content (AvgIpc) is 2.84. The van der Waals surface area contributed by atoms with Crippen molar-refractivity contribution >= 4 is 22.4 Å². The second-order valence-corrected chi connectivity index (χ2v) is 4.92. The summed E-state index contributed by atoms with van der Waals surface area (Å²) in [5, 5.41) is 11.3. The first-order chi connectivity index (χ1) is 9.17. The highest BCUT2D eigenvalue weighted by molar-refractivity contribution is 7.15. The summed E-state index contributed by atoms with van der Waals surface area (Å²) in [6.45, 7) is 2.21. The summed E-state index contributed by atoms with van der Waals surface area (Å²) < 4.78 is 5.37. The molecule has 0 fully saturated rings. The number of benzene rings is 1. The van der Waals surface area contributed by atoms with E-state index in [4.69, 9.17) is 10.5 Å². The molecule has 2 aromatic rings. The van der Waals surface area contributed by atoms with Crippen molar-refractivity contribution in [3.63, 3.8) is 0 Å². The molecule has 0 saturated carbocycles. The molecule has 0 unspecified atom stereocenters. The van der Waals surface area contributed by atoms with Crippen molar-refractivity contribution in [3.05, 3.63) is 34.8 Å². The Morgan fingerprint density at radius 1 is 1.47 bits per heavy atom. The van der Waals surface area contributed by atoms with Crippen LogP contribution in [0.4, 0.5) is 5.13 Å². The van der Waals surface area contributed by atoms with Crippen molar-refractivity contribution in [1.29, 1.82) is 0 Å². The van der Waals surface area contributed by atoms with Crippen LogP contribution in [0.5, 0.6) is 5.75 Å². The van der Waals surface area contributed by atoms with Gasteiger partial charge in [0.1, 0.15) is 10.8 Å². The van der Waals surface area contributed by atoms with E-state index >= 15 is 0 Å². The molecule has 0 radical (unpaired) electrons. The average molecular weight is 278 g/mol. The Hall–Kier alpha value is -1.99. The molecule has 0 aliphatic carbocycles. The lowest BCUT2D eigenvalue weighted by Gasteiger charge is -2.05. The number of aryl methyl sites for hydroxylation is 1. The Balaban J connectivity index is 1.84. The van der Waals surface area contributed by atoms with Gasteiger partial charge in [0.25, 0.3) is 5.91 Å². The fourth-order valence-corrected chi connectivity index (χ4v) is 2.03. The number of amides is 1. The van der Waals surface area contributed by atoms with Crippen molar-refractivity contribution in [1.82, 2.24) is 10.2 Å². The second-order valence-electron chi connectivity index (χ2n) is 3.86. The van der Waals surface area contributed by atoms with Gasteiger partial charge in [0.2, 0.25) is 5.13 Å². The maximum atomic E-state index is 11.6. The number of nitrogens with one attached hydrogen (secondary N) is 1. The van der Waals surface area contributed by atoms with Gasteiger partial charge in [-0.25, -0.2) is 0 Å². The van der Waals surface area contributed by atoms with E-state index in [2.05, 4.69) is 15.5 Å². The molecule has 19 heavy (non-hydrogen) atoms. The molecule has 0 aliphatic rings. The van der Waals surface area contributed by atoms with Crippen LogP contribution < -0.4 is 15.8 Å². The normalized spacial score (nSPS) is 10.2. The minimum absolute atomic E-state index is 0.0685. The fourth-order valence-electron chi connectivity index (χ4n) is 1.40. The number of nitrogens with zero attached hydrogens (tertiary/aromatic N) is 2. The Morgan fingerprint density at radius 3 is 3.00 bits per heavy atom. The van der Waals surface area contributed by atoms with Crippen molar-refractivity contribution in [2.75, 3.05) is 11.9 Å². The van der Waals surface area contributed by atoms with Crippen LogP contribution in [0.15, 0.2) is 24.3 Å². The van der Waals surface area contributed by atoms with Crippen LogP contribution in [0.2, 0.25) is 0 Å². The van der Waals surface area contributed by atoms with E-state index in [9.17, 15) is 4.79 Å². The maximum Gasteiger partial charge on any atom is 0.264 e. The van der Waals surface area contributed by atoms with Crippen molar-refractivity contribution in [3.8, 4) is 5.75 Å². The summed E-state index contributed by atoms with van der Waals surface area (Å²) in [6, 6.07) is 7.51. The van der Waals surface area contributed by atoms with Crippen LogP contribution in [0.1, 0.15) is 10.6 Å². The number of aromatic nitrogens is 2. The molecule has 2 rings (SSSR count). The summed E-state index contributed by atoms with van der Waals surface area (Å²) in [6.07, 6.45) is 0. The minimum atomic E-state index is -0.277. The van der Waals surface area contributed by atoms with Gasteiger partial charge in [-0.15, -0.1) is 10.2 Å². The standard InChI is InChI=1S/C12H14N4O2S/c1-8-3-2-4-9(5-8)18-7-10(17)14-12-16-15-11(6-13)19-12/h2-5H,6-7,13H2,1H3,(H,14,16,17). The topological polar surface area (TPSA) is 90.1 Å². The number of anilines is 1. The molecule has 0 aliphatic heterocycles. The Labute approximate surface area is 114 Å². The quantitative estimate of drug-likeness (QED) is 0.861. The molecule has 1 amide bonds. The molecule has 0 spiro atoms. The number of carbonyl (C=O) groups is 1. The molecule has 1 aromatic heterocycles. The van der Waals surface area contributed by atoms with Gasteiger partial charge < -0.3 is 10.5 Å². The Bertz CT molecular complexity index is 570. The summed E-state index contributed by atoms with van der Waals surface area (Å²) in [5.41, 5.74) is 6.49. The lowest BCUT2D eigenvalue weighted by atomic mass is 10.2. The SMILES string of the molecule is Cc1cccc(OCC(=O)Nc2nnc(CN)s2)c1. The van der Waals surface area contributed by atoms with Crippen LogP contribution in [0.3, 0.4) is 0 Å². The Morgan fingerprint density at radius 2 is 2.32 bits per heavy atom. The highest BCUT2D eigenvalue weighted by Crippen LogP contribution is 2.15. The molecule has 3 N–H and O–H groups in total. The number of hydrogen-bond donors (Lipinski definition) is 2. The predicted molar refractivity (Wildman–Crippen MR) is 73.1 cm³/mol. The second kappa shape index (κ2) is 6.26. The summed E-state index contributed by atoms with van der Waals surface area (Å²) in [4.78, 5) is 11.6. The van der Waals surface area contributed by atoms with Gasteiger partial charge in [-0.1, -0.05) is 23.5 Å². The third-order valence-corrected chi connectivity index (χ3v) is 3.11. The summed E-state index contributed by atoms with van der Waals surface area (Å²) in [5.74, 6) is 0.385. The van der Waals surface area contributed by atoms with E-state index in [1.807, 2.05) is 25.1 Å². The predicted octanol–water partition coefficient (Wildman–Crippen LogP) is 1.32. The van der Waals surface area contributed by atoms with Crippen LogP contribution in [-0.2, 0) is 11.3 Å². The molecule has 100 valence electrons. The first-order valence-corrected chi connectivity index (χ1v) is 6.51. The lowest BCUT2D eigenvalue weighted by molar-refractivity contribution is -0.118. The van der Waals surface area contributed by atoms with Crippen molar-refractivity contribution < 1.29 is 9.53 Å². The van der Waals surface area contributed by atoms with Crippen LogP contribution in [0, 0.1) is 6.92 Å². The number of ether oxygens (including phenoxy) is 1. The van der Waals surface area contributed by atoms with Gasteiger partial charge in [0.15, 0.2) is 6.61 Å². The van der Waals surface area contributed by atoms with E-state index in [0.29, 0.717) is 22.4 Å². The maximum absolute atomic E-state index is 11.6. The minimum Gasteiger partial charge on any atom is -0.484 e. The monoisotopic (exact) mass is 278 g/mol. The van der Waals surface area contributed by atoms with E-state index in [0.717, 1.165) is 5.56 Å². The van der Waals surface area contributed by atoms with Crippen molar-refractivity contribution in [2.24, 2.45) is 5.73 Å². The molecular formula is C12H14N4O2S. The van der Waals surface area contributed by atoms with Gasteiger partial charge in [-0.05, 0) is 24.6 Å². The molecular weight excluding hydrogens is 264 g/mol. The van der Waals surface area contributed by atoms with Crippen LogP contribution in [-0.4, -0.2) is 22.7 Å². The van der Waals surface area contributed by atoms with E-state index in [1.165, 1.54) is 11.3 Å². The first-order valence-electron chi connectivity index (χ1n) is 5.69. The van der Waals surface area contributed by atoms with Crippen LogP contribution >= 0.6 is 11.3 Å². The van der Waals surface area contributed by atoms with Crippen molar-refractivity contribution in [2.45, 2.75) is 13.5 Å². The van der Waals surface area contributed by atoms with E-state index < -0.39 is 0 Å². The van der Waals surface area contributed by atoms with E-state index in [1.54, 1.807) is 6.07 Å². The zero-order valence-corrected chi connectivity index (χ0v) is 11.2. The van der Waals surface area contributed by atoms with Gasteiger partial charge in [-0.2, -0.15) is 0 Å². The van der Waals surface area contributed by atoms with Crippen LogP contribution in [0.25, 0.3) is 0 Å². The molecule has 0 bridgehead atoms. The number of carbonyl (C=O) groups excluding carboxylic acids is 1. The summed E-state index contributed by atoms with van der Waals surface area (Å²) in [7, 11) is 0. The zero-order chi connectivity index (χ0) is 13.7. The highest BCUT2D eigenvalue weighted by atomic mass is 32.1. The first kappa shape index (κ1) is 13.4. The zero-order valence-electron chi connectivity index (χ0n) is 10.4. The van der Waals surface area contributed by atoms with Gasteiger partial charge in [-0.3, -0.25) is 10.1 Å². The molecule has 0 saturated heterocycles. The molecule has 1 aromatic carbocycles. The largest absolute Gasteiger partial charge is 0.484 e. The molecule has 7 heteroatoms. The molecule has 1 heterocycles. The van der Waals surface area contributed by atoms with Gasteiger partial charge in [0.05, 0.1) is 0 Å². The number of rotatable bonds is 5. The third kappa shape index (κ3) is 4.01. The molecule has 0 atom stereocenters. The fraction of sp³-hybridized carbons (Fsp3) is 0.250. The number of nitrogens with two attached hydrogens (primary N) is 1. The summed E-state index contributed by atoms with van der Waals surface area (Å²) >= 11 is 1.25. The van der Waals surface area contributed by atoms with Gasteiger partial charge in [0, 0.05) is 6.54 Å². The lowest BCUT2D eigenvalue weighted by Crippen LogP contribution is -2.20. The van der Waals surface area contributed by atoms with E-state index in [-0.39, 0.29) is 12.5 Å². The highest BCUT2D eigenvalue weighted by Gasteiger charge is 2.08. The smallest absolute Gasteiger partial charge is 0.264 e. The third-order valence-electron chi connectivity index (χ3n) is 2.25. The van der Waals surface area contributed by atoms with Gasteiger partial charge >= 0.3 is 0 Å². The number of hydrogen-bond acceptors (Lipinski definition) is 6. The molecule has 6 nitrogen and oxygen atoms in total. The Kier molecular flexibility index (Phi) is 4.43.